The maximum atomic E-state index is 9.69. The first-order valence-corrected chi connectivity index (χ1v) is 7.61. The second-order valence-electron chi connectivity index (χ2n) is 7.10. The average molecular weight is 254 g/mol. The van der Waals surface area contributed by atoms with Crippen LogP contribution in [-0.2, 0) is 0 Å². The molecule has 0 spiro atoms. The van der Waals surface area contributed by atoms with Crippen molar-refractivity contribution in [3.05, 3.63) is 0 Å². The molecule has 0 aliphatic heterocycles. The van der Waals surface area contributed by atoms with E-state index in [0.717, 1.165) is 18.4 Å². The van der Waals surface area contributed by atoms with Crippen LogP contribution in [0.15, 0.2) is 0 Å². The van der Waals surface area contributed by atoms with Crippen LogP contribution in [-0.4, -0.2) is 47.8 Å². The molecule has 2 rings (SSSR count). The zero-order valence-electron chi connectivity index (χ0n) is 12.3. The zero-order valence-corrected chi connectivity index (χ0v) is 12.3. The normalized spacial score (nSPS) is 23.7. The first-order valence-electron chi connectivity index (χ1n) is 7.61. The fourth-order valence-electron chi connectivity index (χ4n) is 2.87. The highest BCUT2D eigenvalue weighted by molar-refractivity contribution is 4.91. The highest BCUT2D eigenvalue weighted by Crippen LogP contribution is 2.34. The van der Waals surface area contributed by atoms with Crippen molar-refractivity contribution in [2.75, 3.05) is 26.2 Å². The summed E-state index contributed by atoms with van der Waals surface area (Å²) in [7, 11) is 0. The molecular weight excluding hydrogens is 224 g/mol. The maximum Gasteiger partial charge on any atom is 0.0623 e. The van der Waals surface area contributed by atoms with Gasteiger partial charge in [-0.25, -0.2) is 0 Å². The lowest BCUT2D eigenvalue weighted by atomic mass is 10.0. The third-order valence-electron chi connectivity index (χ3n) is 3.99. The molecule has 0 amide bonds. The molecule has 2 fully saturated rings. The summed E-state index contributed by atoms with van der Waals surface area (Å²) in [4.78, 5) is 2.60. The van der Waals surface area contributed by atoms with Gasteiger partial charge in [0.05, 0.1) is 12.1 Å². The van der Waals surface area contributed by atoms with Crippen molar-refractivity contribution in [3.63, 3.8) is 0 Å². The Balaban J connectivity index is 1.86. The van der Waals surface area contributed by atoms with Crippen LogP contribution in [0.1, 0.15) is 46.5 Å². The fourth-order valence-corrected chi connectivity index (χ4v) is 2.87. The van der Waals surface area contributed by atoms with Crippen LogP contribution >= 0.6 is 0 Å². The Morgan fingerprint density at radius 3 is 2.00 bits per heavy atom. The van der Waals surface area contributed by atoms with Crippen LogP contribution in [0.25, 0.3) is 0 Å². The molecule has 0 aromatic carbocycles. The van der Waals surface area contributed by atoms with Gasteiger partial charge in [0.25, 0.3) is 0 Å². The van der Waals surface area contributed by atoms with Gasteiger partial charge < -0.3 is 15.3 Å². The number of hydrogen-bond acceptors (Lipinski definition) is 3. The van der Waals surface area contributed by atoms with Gasteiger partial charge in [0.2, 0.25) is 0 Å². The topological polar surface area (TPSA) is 35.5 Å². The molecule has 2 N–H and O–H groups in total. The minimum atomic E-state index is -0.155. The Morgan fingerprint density at radius 1 is 1.17 bits per heavy atom. The van der Waals surface area contributed by atoms with E-state index in [1.807, 2.05) is 0 Å². The van der Waals surface area contributed by atoms with Gasteiger partial charge in [-0.05, 0) is 44.4 Å². The SMILES string of the molecule is CC(C)NC(C)(CO)CN(CC1CC1)CC1CC1. The molecule has 18 heavy (non-hydrogen) atoms. The molecule has 2 aliphatic rings. The van der Waals surface area contributed by atoms with Crippen LogP contribution in [0.5, 0.6) is 0 Å². The minimum Gasteiger partial charge on any atom is -0.394 e. The zero-order chi connectivity index (χ0) is 13.2. The Morgan fingerprint density at radius 2 is 1.67 bits per heavy atom. The molecule has 0 saturated heterocycles. The van der Waals surface area contributed by atoms with Crippen molar-refractivity contribution in [1.29, 1.82) is 0 Å². The van der Waals surface area contributed by atoms with Crippen LogP contribution in [0, 0.1) is 11.8 Å². The number of hydrogen-bond donors (Lipinski definition) is 2. The molecule has 1 unspecified atom stereocenters. The van der Waals surface area contributed by atoms with Crippen molar-refractivity contribution in [1.82, 2.24) is 10.2 Å². The first kappa shape index (κ1) is 14.3. The van der Waals surface area contributed by atoms with E-state index in [-0.39, 0.29) is 12.1 Å². The minimum absolute atomic E-state index is 0.155. The lowest BCUT2D eigenvalue weighted by Crippen LogP contribution is -2.56. The van der Waals surface area contributed by atoms with Crippen molar-refractivity contribution in [2.45, 2.75) is 58.0 Å². The number of nitrogens with one attached hydrogen (secondary N) is 1. The number of rotatable bonds is 9. The van der Waals surface area contributed by atoms with Crippen LogP contribution in [0.4, 0.5) is 0 Å². The van der Waals surface area contributed by atoms with Gasteiger partial charge in [-0.1, -0.05) is 13.8 Å². The summed E-state index contributed by atoms with van der Waals surface area (Å²) in [6.07, 6.45) is 5.65. The molecule has 2 saturated carbocycles. The third-order valence-corrected chi connectivity index (χ3v) is 3.99. The monoisotopic (exact) mass is 254 g/mol. The van der Waals surface area contributed by atoms with E-state index < -0.39 is 0 Å². The maximum absolute atomic E-state index is 9.69. The molecule has 0 aromatic rings. The van der Waals surface area contributed by atoms with Gasteiger partial charge >= 0.3 is 0 Å². The van der Waals surface area contributed by atoms with E-state index in [9.17, 15) is 5.11 Å². The Bertz CT molecular complexity index is 247. The fraction of sp³-hybridized carbons (Fsp3) is 1.00. The average Bonchev–Trinajstić information content (AvgIpc) is 3.12. The van der Waals surface area contributed by atoms with E-state index in [0.29, 0.717) is 6.04 Å². The Labute approximate surface area is 112 Å². The van der Waals surface area contributed by atoms with E-state index >= 15 is 0 Å². The molecule has 0 heterocycles. The summed E-state index contributed by atoms with van der Waals surface area (Å²) in [5.41, 5.74) is -0.155. The quantitative estimate of drug-likeness (QED) is 0.659. The summed E-state index contributed by atoms with van der Waals surface area (Å²) in [6, 6.07) is 0.422. The van der Waals surface area contributed by atoms with Crippen LogP contribution in [0.3, 0.4) is 0 Å². The van der Waals surface area contributed by atoms with E-state index in [1.165, 1.54) is 38.8 Å². The lowest BCUT2D eigenvalue weighted by Gasteiger charge is -2.37. The van der Waals surface area contributed by atoms with Gasteiger partial charge in [0.15, 0.2) is 0 Å². The summed E-state index contributed by atoms with van der Waals surface area (Å²) < 4.78 is 0. The first-order chi connectivity index (χ1) is 8.50. The highest BCUT2D eigenvalue weighted by atomic mass is 16.3. The molecule has 0 aromatic heterocycles. The molecule has 0 bridgehead atoms. The summed E-state index contributed by atoms with van der Waals surface area (Å²) in [5.74, 6) is 1.87. The molecule has 0 radical (unpaired) electrons. The van der Waals surface area contributed by atoms with E-state index in [4.69, 9.17) is 0 Å². The smallest absolute Gasteiger partial charge is 0.0623 e. The van der Waals surface area contributed by atoms with Crippen molar-refractivity contribution < 1.29 is 5.11 Å². The van der Waals surface area contributed by atoms with Crippen molar-refractivity contribution in [3.8, 4) is 0 Å². The van der Waals surface area contributed by atoms with Crippen LogP contribution < -0.4 is 5.32 Å². The number of nitrogens with zero attached hydrogens (tertiary/aromatic N) is 1. The summed E-state index contributed by atoms with van der Waals surface area (Å²) in [6.45, 7) is 10.1. The van der Waals surface area contributed by atoms with Gasteiger partial charge in [0.1, 0.15) is 0 Å². The summed E-state index contributed by atoms with van der Waals surface area (Å²) in [5, 5.41) is 13.2. The van der Waals surface area contributed by atoms with E-state index in [1.54, 1.807) is 0 Å². The van der Waals surface area contributed by atoms with Gasteiger partial charge in [-0.3, -0.25) is 0 Å². The summed E-state index contributed by atoms with van der Waals surface area (Å²) >= 11 is 0. The third kappa shape index (κ3) is 4.87. The van der Waals surface area contributed by atoms with E-state index in [2.05, 4.69) is 31.0 Å². The Kier molecular flexibility index (Phi) is 4.68. The van der Waals surface area contributed by atoms with Gasteiger partial charge in [-0.15, -0.1) is 0 Å². The molecule has 3 nitrogen and oxygen atoms in total. The highest BCUT2D eigenvalue weighted by Gasteiger charge is 2.33. The molecule has 106 valence electrons. The van der Waals surface area contributed by atoms with Crippen LogP contribution in [0.2, 0.25) is 0 Å². The predicted octanol–water partition coefficient (Wildman–Crippen LogP) is 1.86. The largest absolute Gasteiger partial charge is 0.394 e. The second kappa shape index (κ2) is 5.89. The molecule has 3 heteroatoms. The van der Waals surface area contributed by atoms with Crippen molar-refractivity contribution >= 4 is 0 Å². The number of aliphatic hydroxyl groups is 1. The second-order valence-corrected chi connectivity index (χ2v) is 7.10. The number of aliphatic hydroxyl groups excluding tert-OH is 1. The van der Waals surface area contributed by atoms with Gasteiger partial charge in [0, 0.05) is 25.7 Å². The lowest BCUT2D eigenvalue weighted by molar-refractivity contribution is 0.108. The molecule has 1 atom stereocenters. The molecule has 2 aliphatic carbocycles. The molecular formula is C15H30N2O. The van der Waals surface area contributed by atoms with Crippen molar-refractivity contribution in [2.24, 2.45) is 11.8 Å². The Hall–Kier alpha value is -0.120. The van der Waals surface area contributed by atoms with Gasteiger partial charge in [-0.2, -0.15) is 0 Å². The predicted molar refractivity (Wildman–Crippen MR) is 75.7 cm³/mol. The standard InChI is InChI=1S/C15H30N2O/c1-12(2)16-15(3,11-18)10-17(8-13-4-5-13)9-14-6-7-14/h12-14,16,18H,4-11H2,1-3H3.